The van der Waals surface area contributed by atoms with Crippen LogP contribution in [0.25, 0.3) is 0 Å². The number of amides is 1. The van der Waals surface area contributed by atoms with Gasteiger partial charge < -0.3 is 14.8 Å². The molecular weight excluding hydrogens is 342 g/mol. The van der Waals surface area contributed by atoms with E-state index in [1.807, 2.05) is 43.3 Å². The van der Waals surface area contributed by atoms with Gasteiger partial charge in [0.15, 0.2) is 0 Å². The fraction of sp³-hybridized carbons (Fsp3) is 0.364. The maximum absolute atomic E-state index is 12.0. The van der Waals surface area contributed by atoms with Crippen LogP contribution in [0.5, 0.6) is 5.75 Å². The van der Waals surface area contributed by atoms with Gasteiger partial charge in [0.05, 0.1) is 18.9 Å². The number of hydrogen-bond donors (Lipinski definition) is 1. The number of ether oxygens (including phenoxy) is 2. The maximum atomic E-state index is 12.0. The van der Waals surface area contributed by atoms with E-state index in [1.165, 1.54) is 5.56 Å². The highest BCUT2D eigenvalue weighted by atomic mass is 16.5. The van der Waals surface area contributed by atoms with Crippen LogP contribution in [-0.2, 0) is 20.7 Å². The highest BCUT2D eigenvalue weighted by Gasteiger charge is 2.09. The van der Waals surface area contributed by atoms with E-state index in [-0.39, 0.29) is 24.7 Å². The number of hydrogen-bond acceptors (Lipinski definition) is 4. The number of nitrogens with one attached hydrogen (secondary N) is 1. The molecule has 0 saturated carbocycles. The van der Waals surface area contributed by atoms with E-state index in [4.69, 9.17) is 9.47 Å². The van der Waals surface area contributed by atoms with Crippen molar-refractivity contribution in [2.24, 2.45) is 0 Å². The summed E-state index contributed by atoms with van der Waals surface area (Å²) in [6.07, 6.45) is 2.64. The van der Waals surface area contributed by atoms with Gasteiger partial charge in [0.1, 0.15) is 5.75 Å². The molecule has 5 heteroatoms. The topological polar surface area (TPSA) is 64.6 Å². The van der Waals surface area contributed by atoms with Gasteiger partial charge in [0.2, 0.25) is 5.91 Å². The monoisotopic (exact) mass is 369 g/mol. The van der Waals surface area contributed by atoms with Gasteiger partial charge >= 0.3 is 5.97 Å². The number of benzene rings is 2. The van der Waals surface area contributed by atoms with Gasteiger partial charge in [-0.3, -0.25) is 9.59 Å². The molecule has 0 bridgehead atoms. The molecule has 5 nitrogen and oxygen atoms in total. The number of carbonyl (C=O) groups is 2. The SMILES string of the molecule is CCOc1ccccc1NC(=O)CCCC(=O)OCCCc1ccccc1. The lowest BCUT2D eigenvalue weighted by Gasteiger charge is -2.11. The number of anilines is 1. The van der Waals surface area contributed by atoms with Gasteiger partial charge in [-0.15, -0.1) is 0 Å². The molecule has 0 aliphatic heterocycles. The zero-order valence-corrected chi connectivity index (χ0v) is 15.8. The van der Waals surface area contributed by atoms with Crippen LogP contribution in [0.1, 0.15) is 38.2 Å². The molecular formula is C22H27NO4. The second-order valence-electron chi connectivity index (χ2n) is 6.14. The molecule has 2 rings (SSSR count). The summed E-state index contributed by atoms with van der Waals surface area (Å²) in [6, 6.07) is 17.4. The molecule has 2 aromatic rings. The Kier molecular flexibility index (Phi) is 8.90. The third kappa shape index (κ3) is 7.94. The molecule has 0 aliphatic rings. The van der Waals surface area contributed by atoms with Crippen LogP contribution in [-0.4, -0.2) is 25.1 Å². The van der Waals surface area contributed by atoms with Crippen molar-refractivity contribution in [3.63, 3.8) is 0 Å². The van der Waals surface area contributed by atoms with Crippen LogP contribution in [0.15, 0.2) is 54.6 Å². The number of aryl methyl sites for hydroxylation is 1. The largest absolute Gasteiger partial charge is 0.492 e. The van der Waals surface area contributed by atoms with Gasteiger partial charge in [0, 0.05) is 12.8 Å². The van der Waals surface area contributed by atoms with Gasteiger partial charge in [-0.05, 0) is 43.9 Å². The Balaban J connectivity index is 1.60. The van der Waals surface area contributed by atoms with Crippen LogP contribution in [0.3, 0.4) is 0 Å². The number of carbonyl (C=O) groups excluding carboxylic acids is 2. The van der Waals surface area contributed by atoms with Crippen molar-refractivity contribution in [2.75, 3.05) is 18.5 Å². The Morgan fingerprint density at radius 2 is 1.67 bits per heavy atom. The molecule has 27 heavy (non-hydrogen) atoms. The van der Waals surface area contributed by atoms with E-state index in [0.717, 1.165) is 12.8 Å². The average molecular weight is 369 g/mol. The molecule has 0 atom stereocenters. The molecule has 0 saturated heterocycles. The lowest BCUT2D eigenvalue weighted by molar-refractivity contribution is -0.143. The lowest BCUT2D eigenvalue weighted by atomic mass is 10.1. The van der Waals surface area contributed by atoms with Gasteiger partial charge in [0.25, 0.3) is 0 Å². The average Bonchev–Trinajstić information content (AvgIpc) is 2.68. The van der Waals surface area contributed by atoms with E-state index < -0.39 is 0 Å². The first-order chi connectivity index (χ1) is 13.2. The Labute approximate surface area is 160 Å². The van der Waals surface area contributed by atoms with E-state index in [2.05, 4.69) is 17.4 Å². The number of para-hydroxylation sites is 2. The number of esters is 1. The summed E-state index contributed by atoms with van der Waals surface area (Å²) in [6.45, 7) is 2.83. The minimum Gasteiger partial charge on any atom is -0.492 e. The van der Waals surface area contributed by atoms with Gasteiger partial charge in [-0.1, -0.05) is 42.5 Å². The van der Waals surface area contributed by atoms with Crippen molar-refractivity contribution in [1.29, 1.82) is 0 Å². The summed E-state index contributed by atoms with van der Waals surface area (Å²) in [4.78, 5) is 23.8. The summed E-state index contributed by atoms with van der Waals surface area (Å²) < 4.78 is 10.7. The summed E-state index contributed by atoms with van der Waals surface area (Å²) in [5.74, 6) is 0.246. The second kappa shape index (κ2) is 11.7. The standard InChI is InChI=1S/C22H27NO4/c1-2-26-20-14-7-6-13-19(20)23-21(24)15-8-16-22(25)27-17-9-12-18-10-4-3-5-11-18/h3-7,10-11,13-14H,2,8-9,12,15-17H2,1H3,(H,23,24). The van der Waals surface area contributed by atoms with Crippen LogP contribution in [0, 0.1) is 0 Å². The number of rotatable bonds is 11. The first kappa shape index (κ1) is 20.5. The molecule has 0 fully saturated rings. The normalized spacial score (nSPS) is 10.3. The summed E-state index contributed by atoms with van der Waals surface area (Å²) in [5.41, 5.74) is 1.88. The third-order valence-corrected chi connectivity index (χ3v) is 3.96. The molecule has 2 aromatic carbocycles. The van der Waals surface area contributed by atoms with E-state index >= 15 is 0 Å². The molecule has 1 amide bonds. The first-order valence-electron chi connectivity index (χ1n) is 9.40. The van der Waals surface area contributed by atoms with E-state index in [9.17, 15) is 9.59 Å². The molecule has 0 spiro atoms. The molecule has 144 valence electrons. The highest BCUT2D eigenvalue weighted by molar-refractivity contribution is 5.92. The Hall–Kier alpha value is -2.82. The molecule has 0 unspecified atom stereocenters. The van der Waals surface area contributed by atoms with E-state index in [1.54, 1.807) is 6.07 Å². The predicted octanol–water partition coefficient (Wildman–Crippen LogP) is 4.37. The predicted molar refractivity (Wildman–Crippen MR) is 106 cm³/mol. The summed E-state index contributed by atoms with van der Waals surface area (Å²) in [7, 11) is 0. The Morgan fingerprint density at radius 3 is 2.44 bits per heavy atom. The highest BCUT2D eigenvalue weighted by Crippen LogP contribution is 2.23. The van der Waals surface area contributed by atoms with Crippen molar-refractivity contribution < 1.29 is 19.1 Å². The lowest BCUT2D eigenvalue weighted by Crippen LogP contribution is -2.13. The third-order valence-electron chi connectivity index (χ3n) is 3.96. The smallest absolute Gasteiger partial charge is 0.305 e. The van der Waals surface area contributed by atoms with Gasteiger partial charge in [-0.25, -0.2) is 0 Å². The minimum absolute atomic E-state index is 0.140. The van der Waals surface area contributed by atoms with Crippen molar-refractivity contribution in [1.82, 2.24) is 0 Å². The molecule has 0 aromatic heterocycles. The fourth-order valence-electron chi connectivity index (χ4n) is 2.64. The first-order valence-corrected chi connectivity index (χ1v) is 9.40. The van der Waals surface area contributed by atoms with Crippen LogP contribution >= 0.6 is 0 Å². The van der Waals surface area contributed by atoms with Crippen molar-refractivity contribution >= 4 is 17.6 Å². The van der Waals surface area contributed by atoms with Crippen LogP contribution in [0.2, 0.25) is 0 Å². The Morgan fingerprint density at radius 1 is 0.926 bits per heavy atom. The van der Waals surface area contributed by atoms with Crippen molar-refractivity contribution in [2.45, 2.75) is 39.0 Å². The molecule has 0 radical (unpaired) electrons. The van der Waals surface area contributed by atoms with Crippen LogP contribution < -0.4 is 10.1 Å². The molecule has 0 heterocycles. The minimum atomic E-state index is -0.259. The maximum Gasteiger partial charge on any atom is 0.305 e. The van der Waals surface area contributed by atoms with Crippen molar-refractivity contribution in [3.8, 4) is 5.75 Å². The molecule has 0 aliphatic carbocycles. The second-order valence-corrected chi connectivity index (χ2v) is 6.14. The zero-order chi connectivity index (χ0) is 19.3. The zero-order valence-electron chi connectivity index (χ0n) is 15.8. The van der Waals surface area contributed by atoms with Gasteiger partial charge in [-0.2, -0.15) is 0 Å². The van der Waals surface area contributed by atoms with E-state index in [0.29, 0.717) is 31.1 Å². The van der Waals surface area contributed by atoms with Crippen molar-refractivity contribution in [3.05, 3.63) is 60.2 Å². The molecule has 1 N–H and O–H groups in total. The Bertz CT molecular complexity index is 715. The quantitative estimate of drug-likeness (QED) is 0.472. The summed E-state index contributed by atoms with van der Waals surface area (Å²) >= 11 is 0. The van der Waals surface area contributed by atoms with Crippen LogP contribution in [0.4, 0.5) is 5.69 Å². The summed E-state index contributed by atoms with van der Waals surface area (Å²) in [5, 5.41) is 2.82. The fourth-order valence-corrected chi connectivity index (χ4v) is 2.64.